The lowest BCUT2D eigenvalue weighted by Gasteiger charge is -2.32. The van der Waals surface area contributed by atoms with Crippen LogP contribution in [0.15, 0.2) is 30.3 Å². The third kappa shape index (κ3) is 4.73. The third-order valence-electron chi connectivity index (χ3n) is 3.21. The average Bonchev–Trinajstić information content (AvgIpc) is 2.46. The molecule has 0 aliphatic carbocycles. The summed E-state index contributed by atoms with van der Waals surface area (Å²) < 4.78 is 5.32. The summed E-state index contributed by atoms with van der Waals surface area (Å²) in [6.07, 6.45) is 0.821. The number of benzene rings is 1. The Morgan fingerprint density at radius 3 is 2.84 bits per heavy atom. The third-order valence-corrected chi connectivity index (χ3v) is 3.21. The van der Waals surface area contributed by atoms with E-state index in [-0.39, 0.29) is 18.5 Å². The Bertz CT molecular complexity index is 386. The first kappa shape index (κ1) is 15.8. The van der Waals surface area contributed by atoms with Gasteiger partial charge in [0.15, 0.2) is 0 Å². The molecule has 0 aromatic heterocycles. The van der Waals surface area contributed by atoms with Crippen molar-refractivity contribution in [2.24, 2.45) is 0 Å². The minimum Gasteiger partial charge on any atom is -0.445 e. The van der Waals surface area contributed by atoms with E-state index in [9.17, 15) is 4.79 Å². The van der Waals surface area contributed by atoms with Gasteiger partial charge < -0.3 is 15.0 Å². The van der Waals surface area contributed by atoms with E-state index in [0.717, 1.165) is 31.6 Å². The molecule has 1 unspecified atom stereocenters. The molecule has 1 saturated heterocycles. The minimum atomic E-state index is -0.209. The highest BCUT2D eigenvalue weighted by atomic mass is 35.5. The van der Waals surface area contributed by atoms with Crippen LogP contribution >= 0.6 is 12.4 Å². The number of halogens is 1. The molecule has 0 saturated carbocycles. The number of hydrogen-bond acceptors (Lipinski definition) is 3. The Morgan fingerprint density at radius 1 is 1.42 bits per heavy atom. The standard InChI is InChI=1S/C14H20N2O2.ClH/c1-2-13-10-16(9-8-15-13)14(17)18-11-12-6-4-3-5-7-12;/h3-7,13,15H,2,8-11H2,1H3;1H. The molecule has 1 N–H and O–H groups in total. The topological polar surface area (TPSA) is 41.6 Å². The van der Waals surface area contributed by atoms with Crippen LogP contribution < -0.4 is 5.32 Å². The summed E-state index contributed by atoms with van der Waals surface area (Å²) in [4.78, 5) is 13.7. The molecule has 5 heteroatoms. The van der Waals surface area contributed by atoms with Crippen molar-refractivity contribution < 1.29 is 9.53 Å². The van der Waals surface area contributed by atoms with Crippen LogP contribution in [-0.2, 0) is 11.3 Å². The normalized spacial score (nSPS) is 18.6. The van der Waals surface area contributed by atoms with E-state index in [1.807, 2.05) is 30.3 Å². The van der Waals surface area contributed by atoms with Crippen LogP contribution in [0.5, 0.6) is 0 Å². The monoisotopic (exact) mass is 284 g/mol. The van der Waals surface area contributed by atoms with Gasteiger partial charge >= 0.3 is 6.09 Å². The number of piperazine rings is 1. The van der Waals surface area contributed by atoms with Gasteiger partial charge in [-0.1, -0.05) is 37.3 Å². The number of amides is 1. The summed E-state index contributed by atoms with van der Waals surface area (Å²) in [6.45, 7) is 4.78. The van der Waals surface area contributed by atoms with Crippen molar-refractivity contribution in [2.75, 3.05) is 19.6 Å². The van der Waals surface area contributed by atoms with Crippen LogP contribution in [-0.4, -0.2) is 36.7 Å². The van der Waals surface area contributed by atoms with E-state index in [1.54, 1.807) is 4.90 Å². The van der Waals surface area contributed by atoms with Gasteiger partial charge in [0.25, 0.3) is 0 Å². The molecule has 1 heterocycles. The number of ether oxygens (including phenoxy) is 1. The first-order valence-electron chi connectivity index (χ1n) is 6.48. The van der Waals surface area contributed by atoms with Crippen molar-refractivity contribution in [1.29, 1.82) is 0 Å². The van der Waals surface area contributed by atoms with Gasteiger partial charge in [0.2, 0.25) is 0 Å². The van der Waals surface area contributed by atoms with Gasteiger partial charge in [0, 0.05) is 25.7 Å². The van der Waals surface area contributed by atoms with Gasteiger partial charge in [0.05, 0.1) is 0 Å². The Hall–Kier alpha value is -1.26. The van der Waals surface area contributed by atoms with Crippen molar-refractivity contribution >= 4 is 18.5 Å². The fourth-order valence-electron chi connectivity index (χ4n) is 2.08. The molecule has 0 spiro atoms. The summed E-state index contributed by atoms with van der Waals surface area (Å²) >= 11 is 0. The lowest BCUT2D eigenvalue weighted by molar-refractivity contribution is 0.0846. The largest absolute Gasteiger partial charge is 0.445 e. The average molecular weight is 285 g/mol. The quantitative estimate of drug-likeness (QED) is 0.927. The molecule has 106 valence electrons. The molecular formula is C14H21ClN2O2. The number of carbonyl (C=O) groups excluding carboxylic acids is 1. The van der Waals surface area contributed by atoms with E-state index in [2.05, 4.69) is 12.2 Å². The summed E-state index contributed by atoms with van der Waals surface area (Å²) in [7, 11) is 0. The molecule has 0 bridgehead atoms. The molecule has 0 radical (unpaired) electrons. The predicted octanol–water partition coefficient (Wildman–Crippen LogP) is 2.43. The summed E-state index contributed by atoms with van der Waals surface area (Å²) in [5, 5.41) is 3.38. The van der Waals surface area contributed by atoms with Gasteiger partial charge in [-0.15, -0.1) is 12.4 Å². The lowest BCUT2D eigenvalue weighted by Crippen LogP contribution is -2.52. The predicted molar refractivity (Wildman–Crippen MR) is 77.5 cm³/mol. The van der Waals surface area contributed by atoms with Gasteiger partial charge in [-0.2, -0.15) is 0 Å². The van der Waals surface area contributed by atoms with Crippen molar-refractivity contribution in [3.63, 3.8) is 0 Å². The van der Waals surface area contributed by atoms with Crippen LogP contribution in [0.25, 0.3) is 0 Å². The molecule has 1 aromatic carbocycles. The molecule has 4 nitrogen and oxygen atoms in total. The summed E-state index contributed by atoms with van der Waals surface area (Å²) in [5.41, 5.74) is 1.02. The molecule has 1 fully saturated rings. The van der Waals surface area contributed by atoms with E-state index < -0.39 is 0 Å². The van der Waals surface area contributed by atoms with E-state index in [4.69, 9.17) is 4.74 Å². The molecule has 1 amide bonds. The summed E-state index contributed by atoms with van der Waals surface area (Å²) in [5.74, 6) is 0. The maximum atomic E-state index is 11.9. The maximum Gasteiger partial charge on any atom is 0.410 e. The van der Waals surface area contributed by atoms with Crippen LogP contribution in [0, 0.1) is 0 Å². The Morgan fingerprint density at radius 2 is 2.16 bits per heavy atom. The fraction of sp³-hybridized carbons (Fsp3) is 0.500. The second-order valence-electron chi connectivity index (χ2n) is 4.55. The van der Waals surface area contributed by atoms with Crippen molar-refractivity contribution in [2.45, 2.75) is 26.0 Å². The minimum absolute atomic E-state index is 0. The fourth-order valence-corrected chi connectivity index (χ4v) is 2.08. The number of carbonyl (C=O) groups is 1. The molecule has 1 aliphatic heterocycles. The van der Waals surface area contributed by atoms with Gasteiger partial charge in [-0.25, -0.2) is 4.79 Å². The molecule has 19 heavy (non-hydrogen) atoms. The first-order valence-corrected chi connectivity index (χ1v) is 6.48. The first-order chi connectivity index (χ1) is 8.79. The zero-order chi connectivity index (χ0) is 12.8. The second-order valence-corrected chi connectivity index (χ2v) is 4.55. The van der Waals surface area contributed by atoms with Crippen LogP contribution in [0.1, 0.15) is 18.9 Å². The van der Waals surface area contributed by atoms with Crippen LogP contribution in [0.3, 0.4) is 0 Å². The second kappa shape index (κ2) is 8.02. The lowest BCUT2D eigenvalue weighted by atomic mass is 10.2. The van der Waals surface area contributed by atoms with Crippen molar-refractivity contribution in [3.8, 4) is 0 Å². The highest BCUT2D eigenvalue weighted by Gasteiger charge is 2.22. The van der Waals surface area contributed by atoms with Crippen LogP contribution in [0.2, 0.25) is 0 Å². The van der Waals surface area contributed by atoms with E-state index in [1.165, 1.54) is 0 Å². The van der Waals surface area contributed by atoms with Gasteiger partial charge in [0.1, 0.15) is 6.61 Å². The maximum absolute atomic E-state index is 11.9. The summed E-state index contributed by atoms with van der Waals surface area (Å²) in [6, 6.07) is 10.2. The molecule has 2 rings (SSSR count). The van der Waals surface area contributed by atoms with Crippen molar-refractivity contribution in [1.82, 2.24) is 10.2 Å². The highest BCUT2D eigenvalue weighted by molar-refractivity contribution is 5.85. The number of nitrogens with zero attached hydrogens (tertiary/aromatic N) is 1. The molecule has 1 aromatic rings. The van der Waals surface area contributed by atoms with Gasteiger partial charge in [-0.3, -0.25) is 0 Å². The zero-order valence-corrected chi connectivity index (χ0v) is 12.0. The molecule has 1 aliphatic rings. The zero-order valence-electron chi connectivity index (χ0n) is 11.2. The Balaban J connectivity index is 0.00000180. The van der Waals surface area contributed by atoms with Crippen LogP contribution in [0.4, 0.5) is 4.79 Å². The van der Waals surface area contributed by atoms with Crippen molar-refractivity contribution in [3.05, 3.63) is 35.9 Å². The highest BCUT2D eigenvalue weighted by Crippen LogP contribution is 2.07. The Kier molecular flexibility index (Phi) is 6.67. The SMILES string of the molecule is CCC1CN(C(=O)OCc2ccccc2)CCN1.Cl. The molecular weight excluding hydrogens is 264 g/mol. The smallest absolute Gasteiger partial charge is 0.410 e. The number of rotatable bonds is 3. The number of nitrogens with one attached hydrogen (secondary N) is 1. The van der Waals surface area contributed by atoms with Gasteiger partial charge in [-0.05, 0) is 12.0 Å². The number of hydrogen-bond donors (Lipinski definition) is 1. The molecule has 1 atom stereocenters. The Labute approximate surface area is 120 Å². The van der Waals surface area contributed by atoms with E-state index >= 15 is 0 Å². The van der Waals surface area contributed by atoms with E-state index in [0.29, 0.717) is 12.6 Å².